The Labute approximate surface area is 40.3 Å². The van der Waals surface area contributed by atoms with Crippen LogP contribution in [0.1, 0.15) is 0 Å². The van der Waals surface area contributed by atoms with Crippen molar-refractivity contribution in [2.75, 3.05) is 0 Å². The molecular formula is BCuO3-3. The first-order valence-electron chi connectivity index (χ1n) is 0.707. The molecule has 0 aromatic carbocycles. The van der Waals surface area contributed by atoms with Crippen LogP contribution in [0.15, 0.2) is 0 Å². The molecule has 0 saturated carbocycles. The quantitative estimate of drug-likeness (QED) is 0.308. The Balaban J connectivity index is 0. The van der Waals surface area contributed by atoms with Crippen LogP contribution in [-0.4, -0.2) is 7.32 Å². The van der Waals surface area contributed by atoms with E-state index in [1.807, 2.05) is 0 Å². The van der Waals surface area contributed by atoms with Gasteiger partial charge in [-0.3, -0.25) is 7.32 Å². The molecule has 0 amide bonds. The van der Waals surface area contributed by atoms with Gasteiger partial charge in [-0.15, -0.1) is 0 Å². The Bertz CT molecular complexity index is 11.6. The fourth-order valence-corrected chi connectivity index (χ4v) is 0. The fourth-order valence-electron chi connectivity index (χ4n) is 0. The summed E-state index contributed by atoms with van der Waals surface area (Å²) in [6.45, 7) is 0. The Kier molecular flexibility index (Phi) is 8.10. The summed E-state index contributed by atoms with van der Waals surface area (Å²) in [5.74, 6) is 0. The van der Waals surface area contributed by atoms with Crippen LogP contribution < -0.4 is 15.1 Å². The maximum atomic E-state index is 8.42. The van der Waals surface area contributed by atoms with Crippen LogP contribution in [0.25, 0.3) is 0 Å². The van der Waals surface area contributed by atoms with Crippen LogP contribution in [-0.2, 0) is 17.1 Å². The average molecular weight is 122 g/mol. The van der Waals surface area contributed by atoms with Crippen LogP contribution in [0.4, 0.5) is 0 Å². The third-order valence-corrected chi connectivity index (χ3v) is 0. The first-order valence-corrected chi connectivity index (χ1v) is 0.707. The monoisotopic (exact) mass is 122 g/mol. The van der Waals surface area contributed by atoms with Crippen molar-refractivity contribution < 1.29 is 32.1 Å². The van der Waals surface area contributed by atoms with E-state index in [9.17, 15) is 0 Å². The molecule has 0 saturated heterocycles. The van der Waals surface area contributed by atoms with E-state index < -0.39 is 7.32 Å². The summed E-state index contributed by atoms with van der Waals surface area (Å²) >= 11 is 0. The van der Waals surface area contributed by atoms with Gasteiger partial charge >= 0.3 is 0 Å². The van der Waals surface area contributed by atoms with Crippen molar-refractivity contribution in [1.82, 2.24) is 0 Å². The average Bonchev–Trinajstić information content (AvgIpc) is 0.811. The minimum Gasteiger partial charge on any atom is -0.907 e. The van der Waals surface area contributed by atoms with Crippen LogP contribution in [0, 0.1) is 0 Å². The van der Waals surface area contributed by atoms with E-state index in [-0.39, 0.29) is 17.1 Å². The fraction of sp³-hybridized carbons (Fsp3) is 0. The molecule has 0 aromatic heterocycles. The predicted molar refractivity (Wildman–Crippen MR) is 5.75 cm³/mol. The molecule has 35 valence electrons. The Morgan fingerprint density at radius 1 is 1.00 bits per heavy atom. The van der Waals surface area contributed by atoms with E-state index >= 15 is 0 Å². The van der Waals surface area contributed by atoms with E-state index in [1.54, 1.807) is 0 Å². The molecule has 0 aliphatic rings. The summed E-state index contributed by atoms with van der Waals surface area (Å²) in [5.41, 5.74) is 0. The Hall–Kier alpha value is 0.464. The third kappa shape index (κ3) is 126. The van der Waals surface area contributed by atoms with Gasteiger partial charge in [0.1, 0.15) is 0 Å². The number of rotatable bonds is 0. The molecule has 0 spiro atoms. The zero-order valence-electron chi connectivity index (χ0n) is 2.10. The van der Waals surface area contributed by atoms with Crippen molar-refractivity contribution in [2.24, 2.45) is 0 Å². The van der Waals surface area contributed by atoms with Crippen molar-refractivity contribution in [3.8, 4) is 0 Å². The largest absolute Gasteiger partial charge is 0.907 e. The molecule has 5 heavy (non-hydrogen) atoms. The molecule has 0 unspecified atom stereocenters. The van der Waals surface area contributed by atoms with Crippen LogP contribution >= 0.6 is 0 Å². The van der Waals surface area contributed by atoms with Gasteiger partial charge in [0.15, 0.2) is 0 Å². The molecule has 0 bridgehead atoms. The molecule has 0 atom stereocenters. The van der Waals surface area contributed by atoms with E-state index in [0.29, 0.717) is 0 Å². The van der Waals surface area contributed by atoms with E-state index in [2.05, 4.69) is 0 Å². The SMILES string of the molecule is [Cu].[O-]B([O-])[O-]. The van der Waals surface area contributed by atoms with Crippen LogP contribution in [0.5, 0.6) is 0 Å². The summed E-state index contributed by atoms with van der Waals surface area (Å²) in [6.07, 6.45) is 0. The maximum absolute atomic E-state index is 8.42. The second-order valence-electron chi connectivity index (χ2n) is 0.289. The second kappa shape index (κ2) is 4.46. The van der Waals surface area contributed by atoms with Crippen molar-refractivity contribution in [1.29, 1.82) is 0 Å². The Morgan fingerprint density at radius 3 is 1.00 bits per heavy atom. The van der Waals surface area contributed by atoms with Gasteiger partial charge in [0.05, 0.1) is 0 Å². The minimum absolute atomic E-state index is 0. The smallest absolute Gasteiger partial charge is 0 e. The molecule has 0 N–H and O–H groups in total. The zero-order chi connectivity index (χ0) is 3.58. The molecule has 0 heterocycles. The first kappa shape index (κ1) is 9.07. The molecule has 0 fully saturated rings. The molecule has 1 radical (unpaired) electrons. The summed E-state index contributed by atoms with van der Waals surface area (Å²) in [4.78, 5) is 0. The van der Waals surface area contributed by atoms with Gasteiger partial charge in [0.25, 0.3) is 0 Å². The summed E-state index contributed by atoms with van der Waals surface area (Å²) in [6, 6.07) is 0. The van der Waals surface area contributed by atoms with E-state index in [1.165, 1.54) is 0 Å². The van der Waals surface area contributed by atoms with Crippen LogP contribution in [0.2, 0.25) is 0 Å². The minimum atomic E-state index is -2.92. The van der Waals surface area contributed by atoms with Gasteiger partial charge in [-0.05, 0) is 0 Å². The van der Waals surface area contributed by atoms with E-state index in [0.717, 1.165) is 0 Å². The maximum Gasteiger partial charge on any atom is 0 e. The van der Waals surface area contributed by atoms with Gasteiger partial charge in [0, 0.05) is 17.1 Å². The molecule has 3 nitrogen and oxygen atoms in total. The van der Waals surface area contributed by atoms with Crippen LogP contribution in [0.3, 0.4) is 0 Å². The zero-order valence-corrected chi connectivity index (χ0v) is 3.05. The topological polar surface area (TPSA) is 69.2 Å². The predicted octanol–water partition coefficient (Wildman–Crippen LogP) is -3.95. The molecule has 0 aliphatic carbocycles. The van der Waals surface area contributed by atoms with Gasteiger partial charge < -0.3 is 15.1 Å². The normalized spacial score (nSPS) is 5.40. The Morgan fingerprint density at radius 2 is 1.00 bits per heavy atom. The summed E-state index contributed by atoms with van der Waals surface area (Å²) < 4.78 is 0. The second-order valence-corrected chi connectivity index (χ2v) is 0.289. The van der Waals surface area contributed by atoms with Crippen molar-refractivity contribution in [3.05, 3.63) is 0 Å². The molecule has 5 heteroatoms. The van der Waals surface area contributed by atoms with Gasteiger partial charge in [-0.1, -0.05) is 0 Å². The molecule has 0 rings (SSSR count). The summed E-state index contributed by atoms with van der Waals surface area (Å²) in [7, 11) is -2.92. The standard InChI is InChI=1S/BO3.Cu/c2-1(3)4;/q-3;. The third-order valence-electron chi connectivity index (χ3n) is 0. The molecule has 0 aromatic rings. The van der Waals surface area contributed by atoms with Crippen molar-refractivity contribution in [3.63, 3.8) is 0 Å². The first-order chi connectivity index (χ1) is 1.73. The number of hydrogen-bond donors (Lipinski definition) is 0. The molecule has 0 aliphatic heterocycles. The van der Waals surface area contributed by atoms with E-state index in [4.69, 9.17) is 15.1 Å². The van der Waals surface area contributed by atoms with Gasteiger partial charge in [-0.2, -0.15) is 0 Å². The van der Waals surface area contributed by atoms with Gasteiger partial charge in [-0.25, -0.2) is 0 Å². The van der Waals surface area contributed by atoms with Gasteiger partial charge in [0.2, 0.25) is 0 Å². The molecular weight excluding hydrogens is 122 g/mol. The van der Waals surface area contributed by atoms with Crippen molar-refractivity contribution >= 4 is 7.32 Å². The van der Waals surface area contributed by atoms with Crippen molar-refractivity contribution in [2.45, 2.75) is 0 Å². The number of hydrogen-bond acceptors (Lipinski definition) is 3. The summed E-state index contributed by atoms with van der Waals surface area (Å²) in [5, 5.41) is 25.2.